The molecule has 0 atom stereocenters. The minimum absolute atomic E-state index is 0.188. The lowest BCUT2D eigenvalue weighted by molar-refractivity contribution is -0.384. The zero-order valence-corrected chi connectivity index (χ0v) is 8.75. The van der Waals surface area contributed by atoms with E-state index in [2.05, 4.69) is 0 Å². The molecule has 2 amide bonds. The van der Waals surface area contributed by atoms with Crippen molar-refractivity contribution in [2.24, 2.45) is 0 Å². The van der Waals surface area contributed by atoms with Crippen molar-refractivity contribution < 1.29 is 24.4 Å². The summed E-state index contributed by atoms with van der Waals surface area (Å²) >= 11 is 0. The number of carbonyl (C=O) groups is 3. The van der Waals surface area contributed by atoms with Crippen molar-refractivity contribution in [3.05, 3.63) is 39.4 Å². The van der Waals surface area contributed by atoms with Gasteiger partial charge in [0.15, 0.2) is 0 Å². The molecule has 0 aliphatic carbocycles. The number of hydrogen-bond donors (Lipinski definition) is 3. The standard InChI is InChI=1S/C9H7N3O6/c13-4-10-11-8(14)5-1-6(9(15)16)3-7(2-5)12(17)18/h1-4H,(H,10,13)(H,11,14)(H,15,16). The van der Waals surface area contributed by atoms with Crippen molar-refractivity contribution in [2.45, 2.75) is 0 Å². The van der Waals surface area contributed by atoms with Gasteiger partial charge in [0.05, 0.1) is 10.5 Å². The molecule has 0 radical (unpaired) electrons. The SMILES string of the molecule is O=CNNC(=O)c1cc(C(=O)O)cc([N+](=O)[O-])c1. The number of hydrogen-bond acceptors (Lipinski definition) is 5. The summed E-state index contributed by atoms with van der Waals surface area (Å²) in [6.07, 6.45) is 0.188. The topological polar surface area (TPSA) is 139 Å². The Kier molecular flexibility index (Phi) is 3.92. The second kappa shape index (κ2) is 5.39. The molecule has 0 saturated heterocycles. The van der Waals surface area contributed by atoms with Crippen LogP contribution in [0.3, 0.4) is 0 Å². The van der Waals surface area contributed by atoms with Crippen LogP contribution in [0, 0.1) is 10.1 Å². The molecule has 1 aromatic rings. The number of carboxylic acid groups (broad SMARTS) is 1. The first-order chi connectivity index (χ1) is 8.45. The zero-order valence-electron chi connectivity index (χ0n) is 8.75. The quantitative estimate of drug-likeness (QED) is 0.373. The normalized spacial score (nSPS) is 9.33. The molecule has 1 aromatic carbocycles. The van der Waals surface area contributed by atoms with Gasteiger partial charge in [-0.2, -0.15) is 0 Å². The Hall–Kier alpha value is -2.97. The van der Waals surface area contributed by atoms with Crippen LogP contribution >= 0.6 is 0 Å². The van der Waals surface area contributed by atoms with Crippen LogP contribution in [-0.2, 0) is 4.79 Å². The van der Waals surface area contributed by atoms with Crippen molar-refractivity contribution >= 4 is 24.0 Å². The Labute approximate surface area is 99.5 Å². The van der Waals surface area contributed by atoms with Crippen molar-refractivity contribution in [1.82, 2.24) is 10.9 Å². The molecule has 9 heteroatoms. The number of rotatable bonds is 5. The molecule has 18 heavy (non-hydrogen) atoms. The minimum atomic E-state index is -1.41. The fraction of sp³-hybridized carbons (Fsp3) is 0. The van der Waals surface area contributed by atoms with Crippen LogP contribution in [0.2, 0.25) is 0 Å². The first-order valence-corrected chi connectivity index (χ1v) is 4.48. The number of carbonyl (C=O) groups excluding carboxylic acids is 2. The third-order valence-electron chi connectivity index (χ3n) is 1.88. The fourth-order valence-corrected chi connectivity index (χ4v) is 1.14. The molecule has 0 bridgehead atoms. The van der Waals surface area contributed by atoms with Gasteiger partial charge in [0, 0.05) is 17.7 Å². The van der Waals surface area contributed by atoms with E-state index in [0.717, 1.165) is 18.2 Å². The number of nitro groups is 1. The zero-order chi connectivity index (χ0) is 13.7. The van der Waals surface area contributed by atoms with Crippen LogP contribution in [-0.4, -0.2) is 28.3 Å². The summed E-state index contributed by atoms with van der Waals surface area (Å²) in [6.45, 7) is 0. The van der Waals surface area contributed by atoms with Gasteiger partial charge in [0.2, 0.25) is 6.41 Å². The van der Waals surface area contributed by atoms with Crippen LogP contribution in [0.25, 0.3) is 0 Å². The number of carboxylic acids is 1. The van der Waals surface area contributed by atoms with Gasteiger partial charge in [-0.1, -0.05) is 0 Å². The lowest BCUT2D eigenvalue weighted by Crippen LogP contribution is -2.36. The van der Waals surface area contributed by atoms with E-state index in [4.69, 9.17) is 5.11 Å². The molecule has 0 heterocycles. The van der Waals surface area contributed by atoms with E-state index < -0.39 is 28.1 Å². The van der Waals surface area contributed by atoms with Gasteiger partial charge in [-0.15, -0.1) is 0 Å². The number of amides is 2. The second-order valence-electron chi connectivity index (χ2n) is 3.05. The summed E-state index contributed by atoms with van der Waals surface area (Å²) in [5.41, 5.74) is 2.56. The average molecular weight is 253 g/mol. The summed E-state index contributed by atoms with van der Waals surface area (Å²) in [4.78, 5) is 41.9. The summed E-state index contributed by atoms with van der Waals surface area (Å²) in [5, 5.41) is 19.3. The van der Waals surface area contributed by atoms with Gasteiger partial charge < -0.3 is 5.11 Å². The summed E-state index contributed by atoms with van der Waals surface area (Å²) in [7, 11) is 0. The highest BCUT2D eigenvalue weighted by molar-refractivity contribution is 5.98. The molecule has 3 N–H and O–H groups in total. The third-order valence-corrected chi connectivity index (χ3v) is 1.88. The fourth-order valence-electron chi connectivity index (χ4n) is 1.14. The number of nitrogens with zero attached hydrogens (tertiary/aromatic N) is 1. The summed E-state index contributed by atoms with van der Waals surface area (Å²) in [5.74, 6) is -2.27. The number of nitrogens with one attached hydrogen (secondary N) is 2. The highest BCUT2D eigenvalue weighted by Gasteiger charge is 2.17. The average Bonchev–Trinajstić information content (AvgIpc) is 2.35. The monoisotopic (exact) mass is 253 g/mol. The molecule has 0 saturated carbocycles. The van der Waals surface area contributed by atoms with Crippen molar-refractivity contribution in [1.29, 1.82) is 0 Å². The van der Waals surface area contributed by atoms with Crippen molar-refractivity contribution in [3.8, 4) is 0 Å². The molecule has 0 aromatic heterocycles. The molecule has 1 rings (SSSR count). The highest BCUT2D eigenvalue weighted by atomic mass is 16.6. The minimum Gasteiger partial charge on any atom is -0.478 e. The third kappa shape index (κ3) is 3.01. The smallest absolute Gasteiger partial charge is 0.335 e. The molecule has 94 valence electrons. The second-order valence-corrected chi connectivity index (χ2v) is 3.05. The Morgan fingerprint density at radius 2 is 1.89 bits per heavy atom. The number of non-ortho nitro benzene ring substituents is 1. The molecule has 0 unspecified atom stereocenters. The van der Waals surface area contributed by atoms with Gasteiger partial charge >= 0.3 is 5.97 Å². The van der Waals surface area contributed by atoms with E-state index in [9.17, 15) is 24.5 Å². The Bertz CT molecular complexity index is 495. The maximum Gasteiger partial charge on any atom is 0.335 e. The Balaban J connectivity index is 3.18. The largest absolute Gasteiger partial charge is 0.478 e. The summed E-state index contributed by atoms with van der Waals surface area (Å²) in [6, 6.07) is 2.68. The number of aromatic carboxylic acids is 1. The maximum atomic E-state index is 11.4. The van der Waals surface area contributed by atoms with E-state index in [0.29, 0.717) is 0 Å². The Morgan fingerprint density at radius 1 is 1.28 bits per heavy atom. The molecule has 9 nitrogen and oxygen atoms in total. The lowest BCUT2D eigenvalue weighted by Gasteiger charge is -2.04. The van der Waals surface area contributed by atoms with Crippen LogP contribution in [0.1, 0.15) is 20.7 Å². The number of benzene rings is 1. The van der Waals surface area contributed by atoms with E-state index in [1.54, 1.807) is 0 Å². The van der Waals surface area contributed by atoms with Gasteiger partial charge in [-0.05, 0) is 6.07 Å². The first-order valence-electron chi connectivity index (χ1n) is 4.48. The molecular formula is C9H7N3O6. The van der Waals surface area contributed by atoms with Crippen LogP contribution < -0.4 is 10.9 Å². The molecule has 0 aliphatic rings. The predicted octanol–water partition coefficient (Wildman–Crippen LogP) is -0.316. The first kappa shape index (κ1) is 13.1. The van der Waals surface area contributed by atoms with Gasteiger partial charge in [0.1, 0.15) is 0 Å². The number of nitro benzene ring substituents is 1. The van der Waals surface area contributed by atoms with Gasteiger partial charge in [-0.25, -0.2) is 4.79 Å². The highest BCUT2D eigenvalue weighted by Crippen LogP contribution is 2.17. The molecular weight excluding hydrogens is 246 g/mol. The van der Waals surface area contributed by atoms with E-state index in [-0.39, 0.29) is 12.0 Å². The van der Waals surface area contributed by atoms with Crippen molar-refractivity contribution in [2.75, 3.05) is 0 Å². The van der Waals surface area contributed by atoms with E-state index in [1.165, 1.54) is 0 Å². The van der Waals surface area contributed by atoms with Crippen molar-refractivity contribution in [3.63, 3.8) is 0 Å². The van der Waals surface area contributed by atoms with Crippen LogP contribution in [0.4, 0.5) is 5.69 Å². The summed E-state index contributed by atoms with van der Waals surface area (Å²) < 4.78 is 0. The molecule has 0 aliphatic heterocycles. The van der Waals surface area contributed by atoms with Gasteiger partial charge in [0.25, 0.3) is 11.6 Å². The Morgan fingerprint density at radius 3 is 2.39 bits per heavy atom. The van der Waals surface area contributed by atoms with Gasteiger partial charge in [-0.3, -0.25) is 30.6 Å². The van der Waals surface area contributed by atoms with Crippen LogP contribution in [0.5, 0.6) is 0 Å². The molecule has 0 spiro atoms. The molecule has 0 fully saturated rings. The van der Waals surface area contributed by atoms with E-state index >= 15 is 0 Å². The number of hydrazine groups is 1. The predicted molar refractivity (Wildman–Crippen MR) is 56.7 cm³/mol. The van der Waals surface area contributed by atoms with E-state index in [1.807, 2.05) is 10.9 Å². The lowest BCUT2D eigenvalue weighted by atomic mass is 10.1. The maximum absolute atomic E-state index is 11.4. The van der Waals surface area contributed by atoms with Crippen LogP contribution in [0.15, 0.2) is 18.2 Å².